The fourth-order valence-electron chi connectivity index (χ4n) is 2.41. The zero-order chi connectivity index (χ0) is 10.3. The lowest BCUT2D eigenvalue weighted by atomic mass is 9.99. The maximum absolute atomic E-state index is 9.99. The highest BCUT2D eigenvalue weighted by molar-refractivity contribution is 5.43. The van der Waals surface area contributed by atoms with Crippen molar-refractivity contribution in [2.24, 2.45) is 5.92 Å². The SMILES string of the molecule is CCc1cc(C)c2c(c1)C(O)C(C)C2. The molecule has 2 unspecified atom stereocenters. The summed E-state index contributed by atoms with van der Waals surface area (Å²) in [5, 5.41) is 9.99. The average Bonchev–Trinajstić information content (AvgIpc) is 2.45. The number of rotatable bonds is 1. The molecule has 1 aromatic rings. The Morgan fingerprint density at radius 1 is 1.43 bits per heavy atom. The van der Waals surface area contributed by atoms with Crippen LogP contribution < -0.4 is 0 Å². The first-order valence-corrected chi connectivity index (χ1v) is 5.43. The molecule has 1 aliphatic carbocycles. The molecule has 0 bridgehead atoms. The van der Waals surface area contributed by atoms with Gasteiger partial charge in [-0.2, -0.15) is 0 Å². The molecule has 76 valence electrons. The smallest absolute Gasteiger partial charge is 0.0821 e. The van der Waals surface area contributed by atoms with E-state index in [0.717, 1.165) is 12.8 Å². The van der Waals surface area contributed by atoms with Gasteiger partial charge >= 0.3 is 0 Å². The molecule has 1 aliphatic rings. The van der Waals surface area contributed by atoms with Crippen LogP contribution in [0.25, 0.3) is 0 Å². The Bertz CT molecular complexity index is 354. The molecule has 1 N–H and O–H groups in total. The van der Waals surface area contributed by atoms with Crippen molar-refractivity contribution >= 4 is 0 Å². The lowest BCUT2D eigenvalue weighted by Crippen LogP contribution is -2.01. The van der Waals surface area contributed by atoms with E-state index >= 15 is 0 Å². The van der Waals surface area contributed by atoms with Crippen LogP contribution in [0.1, 0.15) is 42.2 Å². The van der Waals surface area contributed by atoms with E-state index in [2.05, 4.69) is 32.9 Å². The van der Waals surface area contributed by atoms with Gasteiger partial charge in [-0.1, -0.05) is 26.0 Å². The molecule has 0 spiro atoms. The molecular formula is C13H18O. The predicted octanol–water partition coefficient (Wildman–Crippen LogP) is 2.78. The highest BCUT2D eigenvalue weighted by atomic mass is 16.3. The number of aliphatic hydroxyl groups is 1. The fraction of sp³-hybridized carbons (Fsp3) is 0.538. The van der Waals surface area contributed by atoms with Crippen LogP contribution in [0.5, 0.6) is 0 Å². The van der Waals surface area contributed by atoms with E-state index in [-0.39, 0.29) is 6.10 Å². The van der Waals surface area contributed by atoms with Crippen molar-refractivity contribution in [3.05, 3.63) is 34.4 Å². The van der Waals surface area contributed by atoms with Crippen LogP contribution >= 0.6 is 0 Å². The van der Waals surface area contributed by atoms with Crippen LogP contribution in [0, 0.1) is 12.8 Å². The van der Waals surface area contributed by atoms with Crippen molar-refractivity contribution in [2.45, 2.75) is 39.7 Å². The van der Waals surface area contributed by atoms with E-state index in [1.165, 1.54) is 22.3 Å². The summed E-state index contributed by atoms with van der Waals surface area (Å²) in [5.41, 5.74) is 5.24. The summed E-state index contributed by atoms with van der Waals surface area (Å²) in [5.74, 6) is 0.385. The second-order valence-corrected chi connectivity index (χ2v) is 4.46. The maximum atomic E-state index is 9.99. The fourth-order valence-corrected chi connectivity index (χ4v) is 2.41. The Labute approximate surface area is 85.8 Å². The van der Waals surface area contributed by atoms with Crippen LogP contribution in [-0.2, 0) is 12.8 Å². The molecule has 0 aliphatic heterocycles. The van der Waals surface area contributed by atoms with E-state index in [4.69, 9.17) is 0 Å². The number of hydrogen-bond donors (Lipinski definition) is 1. The summed E-state index contributed by atoms with van der Waals surface area (Å²) < 4.78 is 0. The summed E-state index contributed by atoms with van der Waals surface area (Å²) >= 11 is 0. The number of aryl methyl sites for hydroxylation is 2. The van der Waals surface area contributed by atoms with Crippen LogP contribution in [-0.4, -0.2) is 5.11 Å². The predicted molar refractivity (Wildman–Crippen MR) is 58.4 cm³/mol. The molecule has 0 amide bonds. The lowest BCUT2D eigenvalue weighted by Gasteiger charge is -2.10. The first-order chi connectivity index (χ1) is 6.63. The minimum Gasteiger partial charge on any atom is -0.388 e. The van der Waals surface area contributed by atoms with E-state index in [1.807, 2.05) is 0 Å². The van der Waals surface area contributed by atoms with E-state index in [0.29, 0.717) is 5.92 Å². The molecule has 2 atom stereocenters. The van der Waals surface area contributed by atoms with Gasteiger partial charge in [0.1, 0.15) is 0 Å². The van der Waals surface area contributed by atoms with Gasteiger partial charge in [-0.05, 0) is 47.9 Å². The molecular weight excluding hydrogens is 172 g/mol. The highest BCUT2D eigenvalue weighted by Gasteiger charge is 2.28. The van der Waals surface area contributed by atoms with E-state index < -0.39 is 0 Å². The van der Waals surface area contributed by atoms with Crippen molar-refractivity contribution in [3.63, 3.8) is 0 Å². The number of hydrogen-bond acceptors (Lipinski definition) is 1. The van der Waals surface area contributed by atoms with Gasteiger partial charge in [0.15, 0.2) is 0 Å². The van der Waals surface area contributed by atoms with Crippen LogP contribution in [0.3, 0.4) is 0 Å². The quantitative estimate of drug-likeness (QED) is 0.722. The third-order valence-corrected chi connectivity index (χ3v) is 3.36. The molecule has 0 aromatic heterocycles. The van der Waals surface area contributed by atoms with Crippen molar-refractivity contribution < 1.29 is 5.11 Å². The monoisotopic (exact) mass is 190 g/mol. The lowest BCUT2D eigenvalue weighted by molar-refractivity contribution is 0.133. The summed E-state index contributed by atoms with van der Waals surface area (Å²) in [6, 6.07) is 4.43. The van der Waals surface area contributed by atoms with Crippen molar-refractivity contribution in [1.82, 2.24) is 0 Å². The van der Waals surface area contributed by atoms with E-state index in [1.54, 1.807) is 0 Å². The number of aliphatic hydroxyl groups excluding tert-OH is 1. The largest absolute Gasteiger partial charge is 0.388 e. The molecule has 0 radical (unpaired) electrons. The second-order valence-electron chi connectivity index (χ2n) is 4.46. The third kappa shape index (κ3) is 1.36. The number of fused-ring (bicyclic) bond motifs is 1. The Morgan fingerprint density at radius 2 is 2.14 bits per heavy atom. The molecule has 1 nitrogen and oxygen atoms in total. The van der Waals surface area contributed by atoms with Crippen LogP contribution in [0.4, 0.5) is 0 Å². The Hall–Kier alpha value is -0.820. The normalized spacial score (nSPS) is 25.1. The Balaban J connectivity index is 2.52. The zero-order valence-electron chi connectivity index (χ0n) is 9.17. The molecule has 2 rings (SSSR count). The topological polar surface area (TPSA) is 20.2 Å². The minimum atomic E-state index is -0.241. The molecule has 0 heterocycles. The minimum absolute atomic E-state index is 0.241. The molecule has 1 aromatic carbocycles. The van der Waals surface area contributed by atoms with Crippen molar-refractivity contribution in [2.75, 3.05) is 0 Å². The van der Waals surface area contributed by atoms with Crippen LogP contribution in [0.2, 0.25) is 0 Å². The summed E-state index contributed by atoms with van der Waals surface area (Å²) in [7, 11) is 0. The van der Waals surface area contributed by atoms with Gasteiger partial charge in [0.2, 0.25) is 0 Å². The summed E-state index contributed by atoms with van der Waals surface area (Å²) in [6.45, 7) is 6.43. The summed E-state index contributed by atoms with van der Waals surface area (Å²) in [6.07, 6.45) is 1.84. The van der Waals surface area contributed by atoms with E-state index in [9.17, 15) is 5.11 Å². The van der Waals surface area contributed by atoms with Gasteiger partial charge in [0, 0.05) is 0 Å². The van der Waals surface area contributed by atoms with Gasteiger partial charge in [0.25, 0.3) is 0 Å². The first-order valence-electron chi connectivity index (χ1n) is 5.43. The highest BCUT2D eigenvalue weighted by Crippen LogP contribution is 2.38. The third-order valence-electron chi connectivity index (χ3n) is 3.36. The average molecular weight is 190 g/mol. The Morgan fingerprint density at radius 3 is 2.79 bits per heavy atom. The molecule has 0 fully saturated rings. The number of benzene rings is 1. The van der Waals surface area contributed by atoms with Gasteiger partial charge in [0.05, 0.1) is 6.10 Å². The first kappa shape index (κ1) is 9.72. The van der Waals surface area contributed by atoms with Gasteiger partial charge in [-0.15, -0.1) is 0 Å². The standard InChI is InChI=1S/C13H18O/c1-4-10-5-8(2)11-6-9(3)13(14)12(11)7-10/h5,7,9,13-14H,4,6H2,1-3H3. The Kier molecular flexibility index (Phi) is 2.36. The molecule has 14 heavy (non-hydrogen) atoms. The maximum Gasteiger partial charge on any atom is 0.0821 e. The summed E-state index contributed by atoms with van der Waals surface area (Å²) in [4.78, 5) is 0. The van der Waals surface area contributed by atoms with Crippen molar-refractivity contribution in [3.8, 4) is 0 Å². The van der Waals surface area contributed by atoms with Crippen molar-refractivity contribution in [1.29, 1.82) is 0 Å². The molecule has 0 saturated heterocycles. The van der Waals surface area contributed by atoms with Gasteiger partial charge < -0.3 is 5.11 Å². The zero-order valence-corrected chi connectivity index (χ0v) is 9.17. The van der Waals surface area contributed by atoms with Crippen LogP contribution in [0.15, 0.2) is 12.1 Å². The van der Waals surface area contributed by atoms with Gasteiger partial charge in [-0.3, -0.25) is 0 Å². The van der Waals surface area contributed by atoms with Gasteiger partial charge in [-0.25, -0.2) is 0 Å². The molecule has 0 saturated carbocycles. The second kappa shape index (κ2) is 3.39. The molecule has 1 heteroatoms.